The summed E-state index contributed by atoms with van der Waals surface area (Å²) in [6.45, 7) is 9.00. The minimum Gasteiger partial charge on any atom is -0.319 e. The molecule has 1 saturated heterocycles. The van der Waals surface area contributed by atoms with Gasteiger partial charge in [-0.2, -0.15) is 0 Å². The number of allylic oxidation sites excluding steroid dienone is 1. The molecule has 4 rings (SSSR count). The number of piperazine rings is 1. The summed E-state index contributed by atoms with van der Waals surface area (Å²) in [7, 11) is 0. The third kappa shape index (κ3) is 4.27. The number of pyridine rings is 1. The maximum Gasteiger partial charge on any atom is 0.257 e. The first-order chi connectivity index (χ1) is 14.5. The molecular weight excluding hydrogens is 378 g/mol. The van der Waals surface area contributed by atoms with Crippen LogP contribution in [-0.2, 0) is 4.79 Å². The Labute approximate surface area is 177 Å². The van der Waals surface area contributed by atoms with Gasteiger partial charge in [0.2, 0.25) is 5.91 Å². The minimum absolute atomic E-state index is 0.0864. The summed E-state index contributed by atoms with van der Waals surface area (Å²) in [4.78, 5) is 36.7. The van der Waals surface area contributed by atoms with Crippen LogP contribution in [0.1, 0.15) is 24.2 Å². The Morgan fingerprint density at radius 3 is 2.57 bits per heavy atom. The van der Waals surface area contributed by atoms with Gasteiger partial charge in [0.15, 0.2) is 5.82 Å². The Balaban J connectivity index is 1.54. The van der Waals surface area contributed by atoms with Crippen molar-refractivity contribution in [2.75, 3.05) is 49.5 Å². The molecule has 2 aliphatic rings. The highest BCUT2D eigenvalue weighted by Crippen LogP contribution is 2.36. The Morgan fingerprint density at radius 2 is 1.80 bits per heavy atom. The van der Waals surface area contributed by atoms with E-state index >= 15 is 0 Å². The van der Waals surface area contributed by atoms with Crippen LogP contribution in [-0.4, -0.2) is 65.9 Å². The zero-order valence-electron chi connectivity index (χ0n) is 17.5. The average molecular weight is 406 g/mol. The fraction of sp³-hybridized carbons (Fsp3) is 0.348. The second-order valence-electron chi connectivity index (χ2n) is 7.93. The number of carbonyl (C=O) groups is 2. The number of hydrogen-bond acceptors (Lipinski definition) is 5. The van der Waals surface area contributed by atoms with Gasteiger partial charge in [-0.15, -0.1) is 0 Å². The first-order valence-electron chi connectivity index (χ1n) is 10.3. The number of anilines is 3. The lowest BCUT2D eigenvalue weighted by atomic mass is 10.1. The maximum atomic E-state index is 13.4. The summed E-state index contributed by atoms with van der Waals surface area (Å²) in [5.41, 5.74) is 2.90. The first kappa shape index (κ1) is 20.3. The predicted octanol–water partition coefficient (Wildman–Crippen LogP) is 2.90. The van der Waals surface area contributed by atoms with Gasteiger partial charge in [0.05, 0.1) is 23.5 Å². The lowest BCUT2D eigenvalue weighted by molar-refractivity contribution is -0.119. The molecule has 30 heavy (non-hydrogen) atoms. The highest BCUT2D eigenvalue weighted by molar-refractivity contribution is 6.17. The molecule has 2 aromatic rings. The predicted molar refractivity (Wildman–Crippen MR) is 118 cm³/mol. The van der Waals surface area contributed by atoms with Crippen LogP contribution < -0.4 is 10.2 Å². The van der Waals surface area contributed by atoms with Crippen molar-refractivity contribution in [1.29, 1.82) is 0 Å². The van der Waals surface area contributed by atoms with E-state index in [-0.39, 0.29) is 18.4 Å². The number of amides is 2. The standard InChI is InChI=1S/C23H27N5O2/c1-17(2)9-11-26-12-14-27(15-13-26)16-21(29)28-20-8-4-3-6-18(20)23(30)25-19-7-5-10-24-22(19)28/h3-10H,11-16H2,1-2H3,(H,25,30). The van der Waals surface area contributed by atoms with Crippen molar-refractivity contribution in [2.45, 2.75) is 13.8 Å². The molecule has 1 N–H and O–H groups in total. The van der Waals surface area contributed by atoms with E-state index in [9.17, 15) is 9.59 Å². The van der Waals surface area contributed by atoms with Gasteiger partial charge in [-0.05, 0) is 38.1 Å². The number of nitrogens with zero attached hydrogens (tertiary/aromatic N) is 4. The van der Waals surface area contributed by atoms with Gasteiger partial charge >= 0.3 is 0 Å². The van der Waals surface area contributed by atoms with E-state index in [1.54, 1.807) is 41.4 Å². The highest BCUT2D eigenvalue weighted by Gasteiger charge is 2.31. The monoisotopic (exact) mass is 405 g/mol. The molecule has 0 aliphatic carbocycles. The number of rotatable bonds is 4. The molecule has 0 atom stereocenters. The van der Waals surface area contributed by atoms with Crippen molar-refractivity contribution >= 4 is 29.0 Å². The Morgan fingerprint density at radius 1 is 1.07 bits per heavy atom. The van der Waals surface area contributed by atoms with E-state index in [1.807, 2.05) is 6.07 Å². The van der Waals surface area contributed by atoms with Crippen molar-refractivity contribution in [3.8, 4) is 0 Å². The van der Waals surface area contributed by atoms with Gasteiger partial charge < -0.3 is 5.32 Å². The van der Waals surface area contributed by atoms with Crippen LogP contribution in [0.5, 0.6) is 0 Å². The van der Waals surface area contributed by atoms with Gasteiger partial charge in [0.1, 0.15) is 0 Å². The molecule has 3 heterocycles. The fourth-order valence-corrected chi connectivity index (χ4v) is 3.79. The average Bonchev–Trinajstić information content (AvgIpc) is 2.87. The van der Waals surface area contributed by atoms with E-state index in [2.05, 4.69) is 40.0 Å². The van der Waals surface area contributed by atoms with Gasteiger partial charge in [0, 0.05) is 38.9 Å². The molecule has 156 valence electrons. The van der Waals surface area contributed by atoms with Gasteiger partial charge in [-0.25, -0.2) is 4.98 Å². The molecule has 0 bridgehead atoms. The molecule has 2 amide bonds. The summed E-state index contributed by atoms with van der Waals surface area (Å²) in [5, 5.41) is 2.87. The fourth-order valence-electron chi connectivity index (χ4n) is 3.79. The summed E-state index contributed by atoms with van der Waals surface area (Å²) in [5.74, 6) is 0.141. The summed E-state index contributed by atoms with van der Waals surface area (Å²) in [6.07, 6.45) is 3.88. The van der Waals surface area contributed by atoms with Crippen molar-refractivity contribution in [2.24, 2.45) is 0 Å². The zero-order valence-corrected chi connectivity index (χ0v) is 17.5. The van der Waals surface area contributed by atoms with Crippen LogP contribution in [0.3, 0.4) is 0 Å². The van der Waals surface area contributed by atoms with E-state index < -0.39 is 0 Å². The molecular formula is C23H27N5O2. The summed E-state index contributed by atoms with van der Waals surface area (Å²) in [6, 6.07) is 10.7. The molecule has 0 spiro atoms. The molecule has 1 aromatic heterocycles. The summed E-state index contributed by atoms with van der Waals surface area (Å²) >= 11 is 0. The van der Waals surface area contributed by atoms with Crippen LogP contribution in [0.25, 0.3) is 0 Å². The van der Waals surface area contributed by atoms with Gasteiger partial charge in [-0.3, -0.25) is 24.3 Å². The van der Waals surface area contributed by atoms with Crippen molar-refractivity contribution in [1.82, 2.24) is 14.8 Å². The minimum atomic E-state index is -0.233. The van der Waals surface area contributed by atoms with E-state index in [0.717, 1.165) is 32.7 Å². The zero-order chi connectivity index (χ0) is 21.1. The number of fused-ring (bicyclic) bond motifs is 2. The largest absolute Gasteiger partial charge is 0.319 e. The quantitative estimate of drug-likeness (QED) is 0.793. The Bertz CT molecular complexity index is 975. The van der Waals surface area contributed by atoms with Crippen molar-refractivity contribution in [3.63, 3.8) is 0 Å². The van der Waals surface area contributed by atoms with Crippen LogP contribution >= 0.6 is 0 Å². The highest BCUT2D eigenvalue weighted by atomic mass is 16.2. The third-order valence-corrected chi connectivity index (χ3v) is 5.47. The lowest BCUT2D eigenvalue weighted by Gasteiger charge is -2.35. The maximum absolute atomic E-state index is 13.4. The second-order valence-corrected chi connectivity index (χ2v) is 7.93. The molecule has 0 unspecified atom stereocenters. The molecule has 0 saturated carbocycles. The van der Waals surface area contributed by atoms with E-state index in [4.69, 9.17) is 0 Å². The van der Waals surface area contributed by atoms with Crippen LogP contribution in [0, 0.1) is 0 Å². The van der Waals surface area contributed by atoms with Crippen molar-refractivity contribution < 1.29 is 9.59 Å². The number of nitrogens with one attached hydrogen (secondary N) is 1. The smallest absolute Gasteiger partial charge is 0.257 e. The Kier molecular flexibility index (Phi) is 5.92. The molecule has 0 radical (unpaired) electrons. The molecule has 7 nitrogen and oxygen atoms in total. The SMILES string of the molecule is CC(C)=CCN1CCN(CC(=O)N2c3ccccc3C(=O)Nc3cccnc32)CC1. The van der Waals surface area contributed by atoms with Gasteiger partial charge in [-0.1, -0.05) is 23.8 Å². The first-order valence-corrected chi connectivity index (χ1v) is 10.3. The second kappa shape index (κ2) is 8.77. The number of aromatic nitrogens is 1. The number of para-hydroxylation sites is 1. The Hall–Kier alpha value is -3.03. The topological polar surface area (TPSA) is 68.8 Å². The van der Waals surface area contributed by atoms with E-state index in [0.29, 0.717) is 22.8 Å². The molecule has 1 fully saturated rings. The summed E-state index contributed by atoms with van der Waals surface area (Å²) < 4.78 is 0. The number of hydrogen-bond donors (Lipinski definition) is 1. The normalized spacial score (nSPS) is 16.9. The lowest BCUT2D eigenvalue weighted by Crippen LogP contribution is -2.49. The number of benzene rings is 1. The van der Waals surface area contributed by atoms with E-state index in [1.165, 1.54) is 5.57 Å². The van der Waals surface area contributed by atoms with Crippen LogP contribution in [0.2, 0.25) is 0 Å². The molecule has 7 heteroatoms. The van der Waals surface area contributed by atoms with Crippen molar-refractivity contribution in [3.05, 3.63) is 59.8 Å². The van der Waals surface area contributed by atoms with Gasteiger partial charge in [0.25, 0.3) is 5.91 Å². The van der Waals surface area contributed by atoms with Crippen LogP contribution in [0.15, 0.2) is 54.2 Å². The number of carbonyl (C=O) groups excluding carboxylic acids is 2. The third-order valence-electron chi connectivity index (χ3n) is 5.47. The molecule has 2 aliphatic heterocycles. The molecule has 1 aromatic carbocycles. The van der Waals surface area contributed by atoms with Crippen LogP contribution in [0.4, 0.5) is 17.2 Å².